The minimum atomic E-state index is 0.347. The smallest absolute Gasteiger partial charge is 0.225 e. The summed E-state index contributed by atoms with van der Waals surface area (Å²) in [6.07, 6.45) is 8.43. The second kappa shape index (κ2) is 6.64. The molecule has 2 heterocycles. The molecule has 2 aliphatic heterocycles. The number of carbonyl (C=O) groups is 1. The van der Waals surface area contributed by atoms with E-state index in [0.717, 1.165) is 25.9 Å². The van der Waals surface area contributed by atoms with Crippen LogP contribution in [0.4, 0.5) is 0 Å². The highest BCUT2D eigenvalue weighted by atomic mass is 16.2. The van der Waals surface area contributed by atoms with Crippen molar-refractivity contribution in [3.8, 4) is 0 Å². The maximum absolute atomic E-state index is 12.8. The lowest BCUT2D eigenvalue weighted by atomic mass is 9.84. The zero-order valence-electron chi connectivity index (χ0n) is 14.0. The Hall–Kier alpha value is -1.35. The van der Waals surface area contributed by atoms with E-state index in [2.05, 4.69) is 40.1 Å². The molecule has 1 aromatic carbocycles. The molecule has 0 spiro atoms. The maximum atomic E-state index is 12.8. The Morgan fingerprint density at radius 3 is 2.39 bits per heavy atom. The van der Waals surface area contributed by atoms with E-state index < -0.39 is 0 Å². The van der Waals surface area contributed by atoms with Crippen LogP contribution in [0.25, 0.3) is 0 Å². The van der Waals surface area contributed by atoms with Gasteiger partial charge in [-0.1, -0.05) is 36.8 Å². The minimum absolute atomic E-state index is 0.347. The Balaban J connectivity index is 1.45. The summed E-state index contributed by atoms with van der Waals surface area (Å²) in [5.74, 6) is 0.810. The van der Waals surface area contributed by atoms with Crippen LogP contribution in [-0.2, 0) is 11.3 Å². The average molecular weight is 312 g/mol. The summed E-state index contributed by atoms with van der Waals surface area (Å²) < 4.78 is 0. The largest absolute Gasteiger partial charge is 0.338 e. The van der Waals surface area contributed by atoms with Crippen molar-refractivity contribution in [2.24, 2.45) is 5.92 Å². The first-order valence-electron chi connectivity index (χ1n) is 9.41. The molecule has 3 aliphatic rings. The fourth-order valence-electron chi connectivity index (χ4n) is 4.66. The number of amides is 1. The third-order valence-electron chi connectivity index (χ3n) is 6.12. The van der Waals surface area contributed by atoms with E-state index in [0.29, 0.717) is 23.9 Å². The van der Waals surface area contributed by atoms with Crippen molar-refractivity contribution in [1.29, 1.82) is 0 Å². The molecule has 4 rings (SSSR count). The Kier molecular flexibility index (Phi) is 4.39. The van der Waals surface area contributed by atoms with E-state index in [9.17, 15) is 4.79 Å². The molecule has 0 aromatic heterocycles. The van der Waals surface area contributed by atoms with Gasteiger partial charge < -0.3 is 4.90 Å². The molecule has 0 N–H and O–H groups in total. The molecule has 1 aromatic rings. The fraction of sp³-hybridized carbons (Fsp3) is 0.650. The SMILES string of the molecule is O=C(C1CCC1)N1CCC[C@@H]1[C@H]1CCCN1Cc1ccccc1. The maximum Gasteiger partial charge on any atom is 0.225 e. The van der Waals surface area contributed by atoms with E-state index >= 15 is 0 Å². The summed E-state index contributed by atoms with van der Waals surface area (Å²) in [7, 11) is 0. The topological polar surface area (TPSA) is 23.6 Å². The Morgan fingerprint density at radius 1 is 0.913 bits per heavy atom. The number of hydrogen-bond donors (Lipinski definition) is 0. The number of likely N-dealkylation sites (tertiary alicyclic amines) is 2. The van der Waals surface area contributed by atoms with Crippen molar-refractivity contribution >= 4 is 5.91 Å². The van der Waals surface area contributed by atoms with Gasteiger partial charge in [-0.15, -0.1) is 0 Å². The first-order valence-corrected chi connectivity index (χ1v) is 9.41. The lowest BCUT2D eigenvalue weighted by Gasteiger charge is -2.38. The molecule has 3 nitrogen and oxygen atoms in total. The molecule has 1 amide bonds. The third kappa shape index (κ3) is 3.03. The summed E-state index contributed by atoms with van der Waals surface area (Å²) in [5, 5.41) is 0. The lowest BCUT2D eigenvalue weighted by Crippen LogP contribution is -2.50. The number of nitrogens with zero attached hydrogens (tertiary/aromatic N) is 2. The van der Waals surface area contributed by atoms with Crippen LogP contribution in [0.15, 0.2) is 30.3 Å². The molecule has 3 heteroatoms. The van der Waals surface area contributed by atoms with Gasteiger partial charge in [-0.2, -0.15) is 0 Å². The van der Waals surface area contributed by atoms with Gasteiger partial charge in [-0.05, 0) is 50.6 Å². The zero-order chi connectivity index (χ0) is 15.6. The highest BCUT2D eigenvalue weighted by Gasteiger charge is 2.42. The lowest BCUT2D eigenvalue weighted by molar-refractivity contribution is -0.140. The van der Waals surface area contributed by atoms with Gasteiger partial charge in [-0.3, -0.25) is 9.69 Å². The average Bonchev–Trinajstić information content (AvgIpc) is 3.14. The standard InChI is InChI=1S/C20H28N2O/c23-20(17-9-4-10-17)22-14-6-12-19(22)18-11-5-13-21(18)15-16-7-2-1-3-8-16/h1-3,7-8,17-19H,4-6,9-15H2/t18-,19-/m1/s1. The summed E-state index contributed by atoms with van der Waals surface area (Å²) in [5.41, 5.74) is 1.40. The molecule has 0 bridgehead atoms. The Morgan fingerprint density at radius 2 is 1.65 bits per heavy atom. The van der Waals surface area contributed by atoms with Crippen molar-refractivity contribution in [2.45, 2.75) is 63.6 Å². The van der Waals surface area contributed by atoms with E-state index in [1.165, 1.54) is 44.2 Å². The number of benzene rings is 1. The monoisotopic (exact) mass is 312 g/mol. The van der Waals surface area contributed by atoms with Crippen LogP contribution in [0.1, 0.15) is 50.5 Å². The molecule has 124 valence electrons. The van der Waals surface area contributed by atoms with Crippen LogP contribution in [0, 0.1) is 5.92 Å². The van der Waals surface area contributed by atoms with Crippen LogP contribution >= 0.6 is 0 Å². The second-order valence-corrected chi connectivity index (χ2v) is 7.53. The highest BCUT2D eigenvalue weighted by molar-refractivity contribution is 5.80. The Bertz CT molecular complexity index is 540. The van der Waals surface area contributed by atoms with Crippen LogP contribution in [0.3, 0.4) is 0 Å². The van der Waals surface area contributed by atoms with E-state index in [-0.39, 0.29) is 0 Å². The molecule has 0 radical (unpaired) electrons. The Labute approximate surface area is 139 Å². The molecule has 2 atom stereocenters. The first-order chi connectivity index (χ1) is 11.3. The van der Waals surface area contributed by atoms with Crippen LogP contribution in [-0.4, -0.2) is 40.9 Å². The van der Waals surface area contributed by atoms with E-state index in [1.54, 1.807) is 0 Å². The van der Waals surface area contributed by atoms with Gasteiger partial charge in [0.15, 0.2) is 0 Å². The quantitative estimate of drug-likeness (QED) is 0.850. The van der Waals surface area contributed by atoms with Crippen LogP contribution < -0.4 is 0 Å². The van der Waals surface area contributed by atoms with Gasteiger partial charge in [0.25, 0.3) is 0 Å². The summed E-state index contributed by atoms with van der Waals surface area (Å²) >= 11 is 0. The molecular formula is C20H28N2O. The predicted octanol–water partition coefficient (Wildman–Crippen LogP) is 3.44. The van der Waals surface area contributed by atoms with E-state index in [1.807, 2.05) is 0 Å². The van der Waals surface area contributed by atoms with Crippen molar-refractivity contribution in [1.82, 2.24) is 9.80 Å². The van der Waals surface area contributed by atoms with Gasteiger partial charge in [0.1, 0.15) is 0 Å². The number of rotatable bonds is 4. The molecule has 1 saturated carbocycles. The van der Waals surface area contributed by atoms with E-state index in [4.69, 9.17) is 0 Å². The van der Waals surface area contributed by atoms with Crippen molar-refractivity contribution in [3.05, 3.63) is 35.9 Å². The molecule has 23 heavy (non-hydrogen) atoms. The number of hydrogen-bond acceptors (Lipinski definition) is 2. The molecule has 2 saturated heterocycles. The van der Waals surface area contributed by atoms with Gasteiger partial charge in [0, 0.05) is 31.1 Å². The summed E-state index contributed by atoms with van der Waals surface area (Å²) in [4.78, 5) is 17.7. The molecule has 3 fully saturated rings. The summed E-state index contributed by atoms with van der Waals surface area (Å²) in [6.45, 7) is 3.21. The number of carbonyl (C=O) groups excluding carboxylic acids is 1. The van der Waals surface area contributed by atoms with Gasteiger partial charge >= 0.3 is 0 Å². The second-order valence-electron chi connectivity index (χ2n) is 7.53. The highest BCUT2D eigenvalue weighted by Crippen LogP contribution is 2.35. The molecular weight excluding hydrogens is 284 g/mol. The van der Waals surface area contributed by atoms with Crippen molar-refractivity contribution in [2.75, 3.05) is 13.1 Å². The zero-order valence-corrected chi connectivity index (χ0v) is 14.0. The van der Waals surface area contributed by atoms with Crippen LogP contribution in [0.5, 0.6) is 0 Å². The molecule has 0 unspecified atom stereocenters. The predicted molar refractivity (Wildman–Crippen MR) is 92.0 cm³/mol. The third-order valence-corrected chi connectivity index (χ3v) is 6.12. The van der Waals surface area contributed by atoms with Gasteiger partial charge in [0.2, 0.25) is 5.91 Å². The summed E-state index contributed by atoms with van der Waals surface area (Å²) in [6, 6.07) is 11.8. The van der Waals surface area contributed by atoms with Crippen molar-refractivity contribution in [3.63, 3.8) is 0 Å². The van der Waals surface area contributed by atoms with Crippen LogP contribution in [0.2, 0.25) is 0 Å². The first kappa shape index (κ1) is 15.2. The van der Waals surface area contributed by atoms with Gasteiger partial charge in [-0.25, -0.2) is 0 Å². The minimum Gasteiger partial charge on any atom is -0.338 e. The molecule has 1 aliphatic carbocycles. The fourth-order valence-corrected chi connectivity index (χ4v) is 4.66. The normalized spacial score (nSPS) is 29.0. The van der Waals surface area contributed by atoms with Crippen molar-refractivity contribution < 1.29 is 4.79 Å². The van der Waals surface area contributed by atoms with Gasteiger partial charge in [0.05, 0.1) is 0 Å².